The number of aliphatic imine (C=N–C) groups is 2. The molecular formula is C8H17N3. The molecule has 3 nitrogen and oxygen atoms in total. The molecule has 0 aromatic heterocycles. The third kappa shape index (κ3) is 9.04. The van der Waals surface area contributed by atoms with Crippen LogP contribution in [0.4, 0.5) is 0 Å². The summed E-state index contributed by atoms with van der Waals surface area (Å²) in [6, 6.07) is 0. The van der Waals surface area contributed by atoms with Gasteiger partial charge in [0.1, 0.15) is 5.84 Å². The van der Waals surface area contributed by atoms with Gasteiger partial charge in [-0.3, -0.25) is 0 Å². The van der Waals surface area contributed by atoms with Crippen LogP contribution in [-0.2, 0) is 0 Å². The van der Waals surface area contributed by atoms with E-state index in [1.165, 1.54) is 0 Å². The van der Waals surface area contributed by atoms with Gasteiger partial charge in [0.05, 0.1) is 6.54 Å². The lowest BCUT2D eigenvalue weighted by Gasteiger charge is -1.92. The molecule has 2 N–H and O–H groups in total. The predicted molar refractivity (Wildman–Crippen MR) is 52.2 cm³/mol. The Labute approximate surface area is 68.7 Å². The van der Waals surface area contributed by atoms with Crippen molar-refractivity contribution in [2.24, 2.45) is 15.7 Å². The molecule has 0 atom stereocenters. The second kappa shape index (κ2) is 9.04. The summed E-state index contributed by atoms with van der Waals surface area (Å²) in [5, 5.41) is 0. The molecule has 0 aliphatic heterocycles. The van der Waals surface area contributed by atoms with E-state index in [0.717, 1.165) is 0 Å². The standard InChI is InChI=1S/C6H11N3.C2H6/c1-5(2)9-6(4-7)8-3;1-2/h1,3-4,7H2,2H3;1-2H3. The average Bonchev–Trinajstić information content (AvgIpc) is 2.03. The van der Waals surface area contributed by atoms with E-state index in [0.29, 0.717) is 18.1 Å². The van der Waals surface area contributed by atoms with Crippen molar-refractivity contribution in [1.29, 1.82) is 0 Å². The second-order valence-electron chi connectivity index (χ2n) is 1.63. The van der Waals surface area contributed by atoms with Gasteiger partial charge in [-0.25, -0.2) is 9.98 Å². The van der Waals surface area contributed by atoms with Gasteiger partial charge in [0.2, 0.25) is 0 Å². The monoisotopic (exact) mass is 155 g/mol. The van der Waals surface area contributed by atoms with Crippen LogP contribution < -0.4 is 5.73 Å². The molecule has 0 saturated heterocycles. The highest BCUT2D eigenvalue weighted by Crippen LogP contribution is 1.89. The molecule has 0 aromatic rings. The van der Waals surface area contributed by atoms with E-state index in [4.69, 9.17) is 5.73 Å². The third-order valence-corrected chi connectivity index (χ3v) is 0.685. The van der Waals surface area contributed by atoms with Crippen LogP contribution in [0.5, 0.6) is 0 Å². The number of hydrogen-bond donors (Lipinski definition) is 1. The first-order chi connectivity index (χ1) is 5.20. The van der Waals surface area contributed by atoms with Crippen LogP contribution >= 0.6 is 0 Å². The number of hydrogen-bond acceptors (Lipinski definition) is 2. The molecule has 0 radical (unpaired) electrons. The van der Waals surface area contributed by atoms with Gasteiger partial charge < -0.3 is 5.73 Å². The van der Waals surface area contributed by atoms with Gasteiger partial charge >= 0.3 is 0 Å². The first-order valence-corrected chi connectivity index (χ1v) is 3.60. The van der Waals surface area contributed by atoms with Crippen LogP contribution in [0.2, 0.25) is 0 Å². The first kappa shape index (κ1) is 12.7. The zero-order valence-electron chi connectivity index (χ0n) is 7.59. The maximum Gasteiger partial charge on any atom is 0.141 e. The fourth-order valence-corrected chi connectivity index (χ4v) is 0.366. The number of rotatable bonds is 2. The van der Waals surface area contributed by atoms with E-state index in [2.05, 4.69) is 23.3 Å². The van der Waals surface area contributed by atoms with Crippen molar-refractivity contribution < 1.29 is 0 Å². The SMILES string of the molecule is C=NC(CN)=NC(=C)C.CC. The Hall–Kier alpha value is -0.960. The summed E-state index contributed by atoms with van der Waals surface area (Å²) in [7, 11) is 0. The van der Waals surface area contributed by atoms with Crippen LogP contribution in [0.3, 0.4) is 0 Å². The molecule has 3 heteroatoms. The van der Waals surface area contributed by atoms with Crippen LogP contribution in [0.15, 0.2) is 22.3 Å². The summed E-state index contributed by atoms with van der Waals surface area (Å²) in [5.74, 6) is 0.530. The molecule has 64 valence electrons. The topological polar surface area (TPSA) is 50.7 Å². The van der Waals surface area contributed by atoms with Gasteiger partial charge in [-0.15, -0.1) is 0 Å². The second-order valence-corrected chi connectivity index (χ2v) is 1.63. The van der Waals surface area contributed by atoms with Crippen molar-refractivity contribution in [1.82, 2.24) is 0 Å². The zero-order chi connectivity index (χ0) is 9.28. The van der Waals surface area contributed by atoms with Crippen LogP contribution in [0, 0.1) is 0 Å². The van der Waals surface area contributed by atoms with Gasteiger partial charge in [0.15, 0.2) is 0 Å². The highest BCUT2D eigenvalue weighted by atomic mass is 14.9. The van der Waals surface area contributed by atoms with Crippen molar-refractivity contribution >= 4 is 12.6 Å². The van der Waals surface area contributed by atoms with E-state index >= 15 is 0 Å². The van der Waals surface area contributed by atoms with Crippen LogP contribution in [-0.4, -0.2) is 19.1 Å². The molecule has 0 heterocycles. The smallest absolute Gasteiger partial charge is 0.141 e. The zero-order valence-corrected chi connectivity index (χ0v) is 7.59. The molecule has 0 rings (SSSR count). The molecule has 0 unspecified atom stereocenters. The highest BCUT2D eigenvalue weighted by Gasteiger charge is 1.87. The summed E-state index contributed by atoms with van der Waals surface area (Å²) >= 11 is 0. The van der Waals surface area contributed by atoms with E-state index in [-0.39, 0.29) is 0 Å². The van der Waals surface area contributed by atoms with Crippen molar-refractivity contribution in [3.8, 4) is 0 Å². The minimum atomic E-state index is 0.316. The summed E-state index contributed by atoms with van der Waals surface area (Å²) in [5.41, 5.74) is 5.92. The molecule has 0 amide bonds. The Morgan fingerprint density at radius 3 is 2.00 bits per heavy atom. The van der Waals surface area contributed by atoms with Gasteiger partial charge in [0.25, 0.3) is 0 Å². The minimum Gasteiger partial charge on any atom is -0.324 e. The number of nitrogens with zero attached hydrogens (tertiary/aromatic N) is 2. The molecule has 0 aliphatic carbocycles. The third-order valence-electron chi connectivity index (χ3n) is 0.685. The Bertz CT molecular complexity index is 147. The van der Waals surface area contributed by atoms with Gasteiger partial charge in [-0.2, -0.15) is 0 Å². The minimum absolute atomic E-state index is 0.316. The quantitative estimate of drug-likeness (QED) is 0.478. The van der Waals surface area contributed by atoms with E-state index in [1.54, 1.807) is 6.92 Å². The highest BCUT2D eigenvalue weighted by molar-refractivity contribution is 5.88. The lowest BCUT2D eigenvalue weighted by atomic mass is 10.5. The summed E-state index contributed by atoms with van der Waals surface area (Å²) in [4.78, 5) is 7.44. The molecule has 0 aromatic carbocycles. The Morgan fingerprint density at radius 1 is 1.45 bits per heavy atom. The Morgan fingerprint density at radius 2 is 1.91 bits per heavy atom. The number of nitrogens with two attached hydrogens (primary N) is 1. The van der Waals surface area contributed by atoms with Crippen molar-refractivity contribution in [3.05, 3.63) is 12.3 Å². The van der Waals surface area contributed by atoms with Crippen LogP contribution in [0.25, 0.3) is 0 Å². The van der Waals surface area contributed by atoms with Crippen molar-refractivity contribution in [2.45, 2.75) is 20.8 Å². The van der Waals surface area contributed by atoms with Gasteiger partial charge in [-0.05, 0) is 13.6 Å². The molecule has 0 saturated carbocycles. The summed E-state index contributed by atoms with van der Waals surface area (Å²) in [6.07, 6.45) is 0. The molecule has 0 bridgehead atoms. The fourth-order valence-electron chi connectivity index (χ4n) is 0.366. The molecule has 0 aliphatic rings. The lowest BCUT2D eigenvalue weighted by Crippen LogP contribution is -2.10. The van der Waals surface area contributed by atoms with E-state index in [9.17, 15) is 0 Å². The average molecular weight is 155 g/mol. The summed E-state index contributed by atoms with van der Waals surface area (Å²) < 4.78 is 0. The van der Waals surface area contributed by atoms with Crippen molar-refractivity contribution in [2.75, 3.05) is 6.54 Å². The maximum absolute atomic E-state index is 5.23. The van der Waals surface area contributed by atoms with Crippen molar-refractivity contribution in [3.63, 3.8) is 0 Å². The Kier molecular flexibility index (Phi) is 10.4. The lowest BCUT2D eigenvalue weighted by molar-refractivity contribution is 1.22. The largest absolute Gasteiger partial charge is 0.324 e. The van der Waals surface area contributed by atoms with Crippen LogP contribution in [0.1, 0.15) is 20.8 Å². The first-order valence-electron chi connectivity index (χ1n) is 3.60. The summed E-state index contributed by atoms with van der Waals surface area (Å²) in [6.45, 7) is 12.9. The number of allylic oxidation sites excluding steroid dienone is 1. The Balaban J connectivity index is 0. The van der Waals surface area contributed by atoms with Gasteiger partial charge in [-0.1, -0.05) is 20.4 Å². The molecule has 11 heavy (non-hydrogen) atoms. The number of amidine groups is 1. The van der Waals surface area contributed by atoms with E-state index < -0.39 is 0 Å². The molecule has 0 fully saturated rings. The maximum atomic E-state index is 5.23. The van der Waals surface area contributed by atoms with E-state index in [1.807, 2.05) is 13.8 Å². The molecule has 0 spiro atoms. The molecular weight excluding hydrogens is 138 g/mol. The predicted octanol–water partition coefficient (Wildman–Crippen LogP) is 1.60. The van der Waals surface area contributed by atoms with Gasteiger partial charge in [0, 0.05) is 5.70 Å². The fraction of sp³-hybridized carbons (Fsp3) is 0.500. The normalized spacial score (nSPS) is 9.64.